The van der Waals surface area contributed by atoms with Crippen molar-refractivity contribution in [2.24, 2.45) is 23.7 Å². The van der Waals surface area contributed by atoms with Gasteiger partial charge in [-0.3, -0.25) is 4.79 Å². The number of carbonyl (C=O) groups is 1. The van der Waals surface area contributed by atoms with Gasteiger partial charge < -0.3 is 5.11 Å². The van der Waals surface area contributed by atoms with Gasteiger partial charge in [-0.2, -0.15) is 0 Å². The Labute approximate surface area is 78.3 Å². The molecule has 4 aliphatic carbocycles. The Morgan fingerprint density at radius 2 is 1.69 bits per heavy atom. The maximum Gasteiger partial charge on any atom is 0.136 e. The van der Waals surface area contributed by atoms with Gasteiger partial charge in [-0.25, -0.2) is 0 Å². The Hall–Kier alpha value is -0.370. The lowest BCUT2D eigenvalue weighted by molar-refractivity contribution is -0.140. The van der Waals surface area contributed by atoms with Gasteiger partial charge in [0.05, 0.1) is 6.10 Å². The molecule has 5 atom stereocenters. The van der Waals surface area contributed by atoms with E-state index in [1.54, 1.807) is 0 Å². The predicted molar refractivity (Wildman–Crippen MR) is 48.1 cm³/mol. The Morgan fingerprint density at radius 3 is 2.23 bits per heavy atom. The van der Waals surface area contributed by atoms with Crippen LogP contribution in [0.3, 0.4) is 0 Å². The summed E-state index contributed by atoms with van der Waals surface area (Å²) in [6.07, 6.45) is 4.84. The SMILES string of the molecule is O=C1CC2[C@@H]3CC(O)C[C@H]2CC1C3. The fourth-order valence-corrected chi connectivity index (χ4v) is 3.89. The molecule has 0 aromatic rings. The molecule has 0 heterocycles. The fraction of sp³-hybridized carbons (Fsp3) is 0.909. The summed E-state index contributed by atoms with van der Waals surface area (Å²) in [5, 5.41) is 9.62. The van der Waals surface area contributed by atoms with Gasteiger partial charge >= 0.3 is 0 Å². The summed E-state index contributed by atoms with van der Waals surface area (Å²) in [6, 6.07) is 0. The van der Waals surface area contributed by atoms with E-state index in [0.717, 1.165) is 32.1 Å². The second-order valence-corrected chi connectivity index (χ2v) is 5.15. The van der Waals surface area contributed by atoms with E-state index in [4.69, 9.17) is 0 Å². The molecular formula is C11H16O2. The maximum atomic E-state index is 11.5. The topological polar surface area (TPSA) is 37.3 Å². The molecule has 0 radical (unpaired) electrons. The standard InChI is InChI=1S/C11H16O2/c12-9-3-6-1-8-2-7(4-9)10(6)5-11(8)13/h6-10,12H,1-5H2/t6-,7+,8?,9?,10?. The average molecular weight is 180 g/mol. The highest BCUT2D eigenvalue weighted by molar-refractivity contribution is 5.83. The van der Waals surface area contributed by atoms with Crippen LogP contribution in [-0.4, -0.2) is 17.0 Å². The van der Waals surface area contributed by atoms with E-state index in [9.17, 15) is 9.90 Å². The molecule has 4 fully saturated rings. The van der Waals surface area contributed by atoms with Crippen LogP contribution in [0.15, 0.2) is 0 Å². The molecule has 4 bridgehead atoms. The van der Waals surface area contributed by atoms with E-state index in [-0.39, 0.29) is 6.10 Å². The van der Waals surface area contributed by atoms with Crippen LogP contribution in [-0.2, 0) is 4.79 Å². The van der Waals surface area contributed by atoms with Crippen LogP contribution in [0, 0.1) is 23.7 Å². The smallest absolute Gasteiger partial charge is 0.136 e. The summed E-state index contributed by atoms with van der Waals surface area (Å²) < 4.78 is 0. The van der Waals surface area contributed by atoms with Crippen LogP contribution in [0.2, 0.25) is 0 Å². The molecule has 0 aromatic carbocycles. The summed E-state index contributed by atoms with van der Waals surface area (Å²) in [6.45, 7) is 0. The van der Waals surface area contributed by atoms with Crippen LogP contribution in [0.1, 0.15) is 32.1 Å². The van der Waals surface area contributed by atoms with Crippen molar-refractivity contribution in [3.8, 4) is 0 Å². The van der Waals surface area contributed by atoms with E-state index < -0.39 is 0 Å². The van der Waals surface area contributed by atoms with Crippen molar-refractivity contribution in [2.45, 2.75) is 38.2 Å². The number of fused-ring (bicyclic) bond motifs is 1. The van der Waals surface area contributed by atoms with Gasteiger partial charge in [0, 0.05) is 12.3 Å². The molecule has 1 N–H and O–H groups in total. The van der Waals surface area contributed by atoms with Gasteiger partial charge in [0.25, 0.3) is 0 Å². The lowest BCUT2D eigenvalue weighted by Gasteiger charge is -2.51. The first kappa shape index (κ1) is 7.98. The maximum absolute atomic E-state index is 11.5. The van der Waals surface area contributed by atoms with Crippen molar-refractivity contribution in [2.75, 3.05) is 0 Å². The number of ketones is 1. The summed E-state index contributed by atoms with van der Waals surface area (Å²) in [7, 11) is 0. The zero-order chi connectivity index (χ0) is 9.00. The van der Waals surface area contributed by atoms with E-state index in [1.165, 1.54) is 0 Å². The molecule has 2 heteroatoms. The van der Waals surface area contributed by atoms with Crippen LogP contribution in [0.25, 0.3) is 0 Å². The van der Waals surface area contributed by atoms with E-state index >= 15 is 0 Å². The number of aliphatic hydroxyl groups excluding tert-OH is 1. The fourth-order valence-electron chi connectivity index (χ4n) is 3.89. The molecule has 3 unspecified atom stereocenters. The predicted octanol–water partition coefficient (Wildman–Crippen LogP) is 1.37. The molecule has 4 aliphatic rings. The van der Waals surface area contributed by atoms with Gasteiger partial charge in [-0.1, -0.05) is 0 Å². The summed E-state index contributed by atoms with van der Waals surface area (Å²) in [5.74, 6) is 2.86. The molecule has 0 spiro atoms. The van der Waals surface area contributed by atoms with Crippen molar-refractivity contribution in [1.82, 2.24) is 0 Å². The first-order valence-corrected chi connectivity index (χ1v) is 5.45. The minimum atomic E-state index is -0.0691. The third kappa shape index (κ3) is 1.08. The van der Waals surface area contributed by atoms with Gasteiger partial charge in [0.2, 0.25) is 0 Å². The Kier molecular flexibility index (Phi) is 1.58. The molecule has 0 amide bonds. The second kappa shape index (κ2) is 2.57. The highest BCUT2D eigenvalue weighted by Gasteiger charge is 2.49. The number of hydrogen-bond acceptors (Lipinski definition) is 2. The largest absolute Gasteiger partial charge is 0.393 e. The van der Waals surface area contributed by atoms with E-state index in [0.29, 0.717) is 29.5 Å². The minimum Gasteiger partial charge on any atom is -0.393 e. The van der Waals surface area contributed by atoms with Crippen molar-refractivity contribution >= 4 is 5.78 Å². The summed E-state index contributed by atoms with van der Waals surface area (Å²) in [5.41, 5.74) is 0. The van der Waals surface area contributed by atoms with Crippen LogP contribution < -0.4 is 0 Å². The van der Waals surface area contributed by atoms with Gasteiger partial charge in [0.15, 0.2) is 0 Å². The lowest BCUT2D eigenvalue weighted by Crippen LogP contribution is -2.48. The monoisotopic (exact) mass is 180 g/mol. The molecule has 0 saturated heterocycles. The number of aliphatic hydroxyl groups is 1. The summed E-state index contributed by atoms with van der Waals surface area (Å²) in [4.78, 5) is 11.5. The van der Waals surface area contributed by atoms with Crippen molar-refractivity contribution < 1.29 is 9.90 Å². The zero-order valence-electron chi connectivity index (χ0n) is 7.78. The molecule has 0 aliphatic heterocycles. The van der Waals surface area contributed by atoms with E-state index in [2.05, 4.69) is 0 Å². The number of carbonyl (C=O) groups excluding carboxylic acids is 1. The molecule has 2 nitrogen and oxygen atoms in total. The molecule has 4 rings (SSSR count). The Bertz CT molecular complexity index is 232. The van der Waals surface area contributed by atoms with Crippen LogP contribution in [0.4, 0.5) is 0 Å². The number of Topliss-reactive ketones (excluding diaryl/α,β-unsaturated/α-hetero) is 1. The van der Waals surface area contributed by atoms with Crippen molar-refractivity contribution in [3.63, 3.8) is 0 Å². The molecular weight excluding hydrogens is 164 g/mol. The first-order valence-electron chi connectivity index (χ1n) is 5.45. The first-order chi connectivity index (χ1) is 6.24. The highest BCUT2D eigenvalue weighted by Crippen LogP contribution is 2.52. The van der Waals surface area contributed by atoms with Gasteiger partial charge in [-0.15, -0.1) is 0 Å². The number of rotatable bonds is 0. The summed E-state index contributed by atoms with van der Waals surface area (Å²) >= 11 is 0. The normalized spacial score (nSPS) is 53.9. The molecule has 13 heavy (non-hydrogen) atoms. The van der Waals surface area contributed by atoms with Crippen LogP contribution in [0.5, 0.6) is 0 Å². The third-order valence-corrected chi connectivity index (χ3v) is 4.43. The molecule has 0 aromatic heterocycles. The van der Waals surface area contributed by atoms with Gasteiger partial charge in [-0.05, 0) is 43.4 Å². The average Bonchev–Trinajstić information content (AvgIpc) is 2.04. The second-order valence-electron chi connectivity index (χ2n) is 5.15. The van der Waals surface area contributed by atoms with E-state index in [1.807, 2.05) is 0 Å². The Balaban J connectivity index is 1.87. The quantitative estimate of drug-likeness (QED) is 0.611. The Morgan fingerprint density at radius 1 is 1.08 bits per heavy atom. The molecule has 72 valence electrons. The number of hydrogen-bond donors (Lipinski definition) is 1. The highest BCUT2D eigenvalue weighted by atomic mass is 16.3. The van der Waals surface area contributed by atoms with Gasteiger partial charge in [0.1, 0.15) is 5.78 Å². The lowest BCUT2D eigenvalue weighted by atomic mass is 9.54. The van der Waals surface area contributed by atoms with Crippen molar-refractivity contribution in [1.29, 1.82) is 0 Å². The minimum absolute atomic E-state index is 0.0691. The zero-order valence-corrected chi connectivity index (χ0v) is 7.78. The van der Waals surface area contributed by atoms with Crippen molar-refractivity contribution in [3.05, 3.63) is 0 Å². The molecule has 4 saturated carbocycles. The third-order valence-electron chi connectivity index (χ3n) is 4.43. The van der Waals surface area contributed by atoms with Crippen LogP contribution >= 0.6 is 0 Å².